The van der Waals surface area contributed by atoms with Gasteiger partial charge in [0, 0.05) is 6.04 Å². The van der Waals surface area contributed by atoms with Gasteiger partial charge in [0.25, 0.3) is 0 Å². The molecule has 1 heteroatoms. The van der Waals surface area contributed by atoms with Crippen LogP contribution >= 0.6 is 0 Å². The standard InChI is InChI=1S/C19H23N/c1-2-19-18-11-7-6-10-17(18)13-16(14-20-19)12-15-8-4-3-5-9-15/h3-11,16,19-20H,2,12-14H2,1H3. The van der Waals surface area contributed by atoms with Gasteiger partial charge in [-0.3, -0.25) is 0 Å². The van der Waals surface area contributed by atoms with Gasteiger partial charge < -0.3 is 5.32 Å². The van der Waals surface area contributed by atoms with E-state index in [1.165, 1.54) is 29.5 Å². The lowest BCUT2D eigenvalue weighted by Crippen LogP contribution is -2.25. The van der Waals surface area contributed by atoms with Gasteiger partial charge in [-0.1, -0.05) is 61.5 Å². The van der Waals surface area contributed by atoms with Crippen LogP contribution in [-0.4, -0.2) is 6.54 Å². The molecule has 0 amide bonds. The zero-order chi connectivity index (χ0) is 13.8. The summed E-state index contributed by atoms with van der Waals surface area (Å²) in [6.45, 7) is 3.38. The van der Waals surface area contributed by atoms with Crippen LogP contribution in [0.15, 0.2) is 54.6 Å². The second kappa shape index (κ2) is 6.23. The van der Waals surface area contributed by atoms with Gasteiger partial charge in [-0.15, -0.1) is 0 Å². The second-order valence-corrected chi connectivity index (χ2v) is 5.83. The Bertz CT molecular complexity index is 547. The molecule has 0 fully saturated rings. The first-order valence-corrected chi connectivity index (χ1v) is 7.72. The van der Waals surface area contributed by atoms with Gasteiger partial charge in [0.2, 0.25) is 0 Å². The van der Waals surface area contributed by atoms with Gasteiger partial charge in [0.05, 0.1) is 0 Å². The Hall–Kier alpha value is -1.60. The van der Waals surface area contributed by atoms with E-state index in [9.17, 15) is 0 Å². The van der Waals surface area contributed by atoms with Crippen molar-refractivity contribution in [2.45, 2.75) is 32.2 Å². The molecule has 0 aliphatic carbocycles. The van der Waals surface area contributed by atoms with Crippen LogP contribution in [0.1, 0.15) is 36.1 Å². The monoisotopic (exact) mass is 265 g/mol. The molecule has 1 N–H and O–H groups in total. The molecule has 3 rings (SSSR count). The van der Waals surface area contributed by atoms with Crippen LogP contribution < -0.4 is 5.32 Å². The molecule has 0 radical (unpaired) electrons. The molecule has 0 saturated carbocycles. The number of hydrogen-bond donors (Lipinski definition) is 1. The summed E-state index contributed by atoms with van der Waals surface area (Å²) in [6, 6.07) is 20.3. The Morgan fingerprint density at radius 2 is 1.75 bits per heavy atom. The first kappa shape index (κ1) is 13.4. The minimum atomic E-state index is 0.520. The van der Waals surface area contributed by atoms with Gasteiger partial charge in [0.15, 0.2) is 0 Å². The molecule has 1 aliphatic rings. The quantitative estimate of drug-likeness (QED) is 0.879. The molecule has 0 saturated heterocycles. The molecule has 0 aromatic heterocycles. The second-order valence-electron chi connectivity index (χ2n) is 5.83. The molecule has 104 valence electrons. The third kappa shape index (κ3) is 2.94. The Kier molecular flexibility index (Phi) is 4.17. The van der Waals surface area contributed by atoms with Crippen LogP contribution in [0.4, 0.5) is 0 Å². The highest BCUT2D eigenvalue weighted by Gasteiger charge is 2.21. The summed E-state index contributed by atoms with van der Waals surface area (Å²) in [5, 5.41) is 3.76. The molecular weight excluding hydrogens is 242 g/mol. The number of nitrogens with one attached hydrogen (secondary N) is 1. The molecule has 1 nitrogen and oxygen atoms in total. The fourth-order valence-electron chi connectivity index (χ4n) is 3.32. The molecule has 20 heavy (non-hydrogen) atoms. The minimum Gasteiger partial charge on any atom is -0.310 e. The highest BCUT2D eigenvalue weighted by atomic mass is 14.9. The fourth-order valence-corrected chi connectivity index (χ4v) is 3.32. The number of rotatable bonds is 3. The van der Waals surface area contributed by atoms with Crippen molar-refractivity contribution < 1.29 is 0 Å². The highest BCUT2D eigenvalue weighted by Crippen LogP contribution is 2.27. The minimum absolute atomic E-state index is 0.520. The first-order chi connectivity index (χ1) is 9.86. The average Bonchev–Trinajstić information content (AvgIpc) is 2.67. The molecule has 2 atom stereocenters. The van der Waals surface area contributed by atoms with Crippen molar-refractivity contribution in [1.82, 2.24) is 5.32 Å². The Morgan fingerprint density at radius 3 is 2.55 bits per heavy atom. The third-order valence-electron chi connectivity index (χ3n) is 4.37. The van der Waals surface area contributed by atoms with Crippen LogP contribution in [0, 0.1) is 5.92 Å². The van der Waals surface area contributed by atoms with Crippen LogP contribution in [0.5, 0.6) is 0 Å². The summed E-state index contributed by atoms with van der Waals surface area (Å²) < 4.78 is 0. The third-order valence-corrected chi connectivity index (χ3v) is 4.37. The number of benzene rings is 2. The topological polar surface area (TPSA) is 12.0 Å². The van der Waals surface area contributed by atoms with Gasteiger partial charge in [-0.2, -0.15) is 0 Å². The maximum Gasteiger partial charge on any atom is 0.0320 e. The average molecular weight is 265 g/mol. The Morgan fingerprint density at radius 1 is 1.00 bits per heavy atom. The van der Waals surface area contributed by atoms with Gasteiger partial charge in [-0.05, 0) is 48.4 Å². The van der Waals surface area contributed by atoms with E-state index in [-0.39, 0.29) is 0 Å². The summed E-state index contributed by atoms with van der Waals surface area (Å²) in [6.07, 6.45) is 3.52. The maximum absolute atomic E-state index is 3.76. The number of hydrogen-bond acceptors (Lipinski definition) is 1. The Balaban J connectivity index is 1.80. The van der Waals surface area contributed by atoms with Crippen LogP contribution in [0.2, 0.25) is 0 Å². The van der Waals surface area contributed by atoms with Gasteiger partial charge >= 0.3 is 0 Å². The van der Waals surface area contributed by atoms with Crippen molar-refractivity contribution in [2.24, 2.45) is 5.92 Å². The molecule has 2 aromatic rings. The molecule has 2 unspecified atom stereocenters. The van der Waals surface area contributed by atoms with Crippen molar-refractivity contribution in [3.63, 3.8) is 0 Å². The largest absolute Gasteiger partial charge is 0.310 e. The van der Waals surface area contributed by atoms with E-state index < -0.39 is 0 Å². The summed E-state index contributed by atoms with van der Waals surface area (Å²) in [5.74, 6) is 0.690. The van der Waals surface area contributed by atoms with E-state index in [4.69, 9.17) is 0 Å². The molecule has 2 aromatic carbocycles. The number of fused-ring (bicyclic) bond motifs is 1. The first-order valence-electron chi connectivity index (χ1n) is 7.72. The van der Waals surface area contributed by atoms with Crippen molar-refractivity contribution >= 4 is 0 Å². The van der Waals surface area contributed by atoms with E-state index in [0.29, 0.717) is 12.0 Å². The van der Waals surface area contributed by atoms with E-state index in [1.807, 2.05) is 0 Å². The fraction of sp³-hybridized carbons (Fsp3) is 0.368. The molecule has 1 aliphatic heterocycles. The normalized spacial score (nSPS) is 22.1. The van der Waals surface area contributed by atoms with E-state index in [0.717, 1.165) is 13.0 Å². The van der Waals surface area contributed by atoms with Crippen LogP contribution in [0.3, 0.4) is 0 Å². The molecule has 0 spiro atoms. The van der Waals surface area contributed by atoms with Gasteiger partial charge in [-0.25, -0.2) is 0 Å². The molecule has 1 heterocycles. The predicted molar refractivity (Wildman–Crippen MR) is 84.8 cm³/mol. The van der Waals surface area contributed by atoms with Crippen molar-refractivity contribution in [1.29, 1.82) is 0 Å². The zero-order valence-electron chi connectivity index (χ0n) is 12.2. The lowest BCUT2D eigenvalue weighted by Gasteiger charge is -2.17. The Labute approximate surface area is 122 Å². The summed E-state index contributed by atoms with van der Waals surface area (Å²) in [7, 11) is 0. The van der Waals surface area contributed by atoms with Crippen molar-refractivity contribution in [3.8, 4) is 0 Å². The predicted octanol–water partition coefficient (Wildman–Crippen LogP) is 4.14. The van der Waals surface area contributed by atoms with Crippen LogP contribution in [-0.2, 0) is 12.8 Å². The smallest absolute Gasteiger partial charge is 0.0320 e. The van der Waals surface area contributed by atoms with Crippen molar-refractivity contribution in [2.75, 3.05) is 6.54 Å². The van der Waals surface area contributed by atoms with Gasteiger partial charge in [0.1, 0.15) is 0 Å². The molecule has 0 bridgehead atoms. The molecular formula is C19H23N. The summed E-state index contributed by atoms with van der Waals surface area (Å²) in [4.78, 5) is 0. The lowest BCUT2D eigenvalue weighted by atomic mass is 9.91. The summed E-state index contributed by atoms with van der Waals surface area (Å²) in [5.41, 5.74) is 4.49. The zero-order valence-corrected chi connectivity index (χ0v) is 12.2. The highest BCUT2D eigenvalue weighted by molar-refractivity contribution is 5.32. The van der Waals surface area contributed by atoms with Crippen LogP contribution in [0.25, 0.3) is 0 Å². The lowest BCUT2D eigenvalue weighted by molar-refractivity contribution is 0.443. The summed E-state index contributed by atoms with van der Waals surface area (Å²) >= 11 is 0. The van der Waals surface area contributed by atoms with E-state index in [2.05, 4.69) is 66.8 Å². The SMILES string of the molecule is CCC1NCC(Cc2ccccc2)Cc2ccccc21. The van der Waals surface area contributed by atoms with E-state index in [1.54, 1.807) is 0 Å². The van der Waals surface area contributed by atoms with E-state index >= 15 is 0 Å². The van der Waals surface area contributed by atoms with Crippen molar-refractivity contribution in [3.05, 3.63) is 71.3 Å². The maximum atomic E-state index is 3.76.